The first kappa shape index (κ1) is 23.9. The summed E-state index contributed by atoms with van der Waals surface area (Å²) in [5.41, 5.74) is 7.03. The minimum absolute atomic E-state index is 0.0350. The third kappa shape index (κ3) is 4.33. The standard InChI is InChI=1S/C27H25N7O3/c1-4-33-24-21(15-28-33)20(14-22(29-24)17-10-6-5-7-11-17)25(35)30-31-26(36)23-18-12-8-9-13-19(18)27(37)34(32-23)16(2)3/h5-16H,4H2,1-3H3,(H,30,35)(H,31,36). The van der Waals surface area contributed by atoms with Gasteiger partial charge in [-0.1, -0.05) is 48.5 Å². The molecule has 10 nitrogen and oxygen atoms in total. The van der Waals surface area contributed by atoms with Crippen molar-refractivity contribution in [3.8, 4) is 11.3 Å². The van der Waals surface area contributed by atoms with Crippen molar-refractivity contribution < 1.29 is 9.59 Å². The Morgan fingerprint density at radius 3 is 2.30 bits per heavy atom. The maximum absolute atomic E-state index is 13.3. The number of carbonyl (C=O) groups is 2. The summed E-state index contributed by atoms with van der Waals surface area (Å²) >= 11 is 0. The van der Waals surface area contributed by atoms with E-state index in [2.05, 4.69) is 21.0 Å². The second-order valence-corrected chi connectivity index (χ2v) is 8.76. The van der Waals surface area contributed by atoms with E-state index < -0.39 is 11.8 Å². The van der Waals surface area contributed by atoms with Gasteiger partial charge in [0.15, 0.2) is 11.3 Å². The second kappa shape index (κ2) is 9.65. The molecule has 5 rings (SSSR count). The Morgan fingerprint density at radius 2 is 1.59 bits per heavy atom. The van der Waals surface area contributed by atoms with E-state index in [1.807, 2.05) is 51.1 Å². The third-order valence-electron chi connectivity index (χ3n) is 6.05. The van der Waals surface area contributed by atoms with Crippen molar-refractivity contribution in [2.45, 2.75) is 33.4 Å². The van der Waals surface area contributed by atoms with Crippen molar-refractivity contribution in [1.82, 2.24) is 35.4 Å². The van der Waals surface area contributed by atoms with Gasteiger partial charge in [-0.05, 0) is 32.9 Å². The molecule has 2 amide bonds. The molecule has 3 aromatic heterocycles. The topological polar surface area (TPSA) is 124 Å². The van der Waals surface area contributed by atoms with Gasteiger partial charge in [-0.25, -0.2) is 14.3 Å². The number of benzene rings is 2. The summed E-state index contributed by atoms with van der Waals surface area (Å²) in [6.45, 7) is 6.14. The Hall–Kier alpha value is -4.86. The van der Waals surface area contributed by atoms with Crippen LogP contribution in [0.5, 0.6) is 0 Å². The Balaban J connectivity index is 1.49. The van der Waals surface area contributed by atoms with E-state index in [1.165, 1.54) is 4.68 Å². The molecular formula is C27H25N7O3. The summed E-state index contributed by atoms with van der Waals surface area (Å²) in [4.78, 5) is 44.0. The number of aromatic nitrogens is 5. The van der Waals surface area contributed by atoms with Crippen molar-refractivity contribution in [3.05, 3.63) is 88.5 Å². The Bertz CT molecular complexity index is 1700. The van der Waals surface area contributed by atoms with Gasteiger partial charge >= 0.3 is 0 Å². The summed E-state index contributed by atoms with van der Waals surface area (Å²) in [6.07, 6.45) is 1.59. The normalized spacial score (nSPS) is 11.2. The van der Waals surface area contributed by atoms with Crippen LogP contribution in [0, 0.1) is 0 Å². The number of pyridine rings is 1. The number of aryl methyl sites for hydroxylation is 1. The SMILES string of the molecule is CCn1ncc2c(C(=O)NNC(=O)c3nn(C(C)C)c(=O)c4ccccc34)cc(-c3ccccc3)nc21. The predicted octanol–water partition coefficient (Wildman–Crippen LogP) is 3.48. The molecule has 0 unspecified atom stereocenters. The summed E-state index contributed by atoms with van der Waals surface area (Å²) in [5, 5.41) is 9.97. The van der Waals surface area contributed by atoms with Gasteiger partial charge in [-0.3, -0.25) is 25.2 Å². The lowest BCUT2D eigenvalue weighted by Gasteiger charge is -2.14. The second-order valence-electron chi connectivity index (χ2n) is 8.76. The lowest BCUT2D eigenvalue weighted by atomic mass is 10.1. The molecule has 0 fully saturated rings. The van der Waals surface area contributed by atoms with Crippen LogP contribution in [0.25, 0.3) is 33.1 Å². The average Bonchev–Trinajstić information content (AvgIpc) is 3.34. The number of nitrogens with one attached hydrogen (secondary N) is 2. The highest BCUT2D eigenvalue weighted by molar-refractivity contribution is 6.09. The van der Waals surface area contributed by atoms with Gasteiger partial charge in [0.2, 0.25) is 0 Å². The number of hydrazine groups is 1. The van der Waals surface area contributed by atoms with Crippen LogP contribution in [0.1, 0.15) is 47.7 Å². The summed E-state index contributed by atoms with van der Waals surface area (Å²) in [5.74, 6) is -1.17. The van der Waals surface area contributed by atoms with Crippen molar-refractivity contribution in [1.29, 1.82) is 0 Å². The minimum atomic E-state index is -0.642. The van der Waals surface area contributed by atoms with Crippen molar-refractivity contribution in [2.24, 2.45) is 0 Å². The molecule has 0 aliphatic heterocycles. The van der Waals surface area contributed by atoms with Crippen molar-refractivity contribution >= 4 is 33.6 Å². The van der Waals surface area contributed by atoms with Crippen LogP contribution < -0.4 is 16.4 Å². The molecular weight excluding hydrogens is 470 g/mol. The lowest BCUT2D eigenvalue weighted by molar-refractivity contribution is 0.0844. The molecule has 2 N–H and O–H groups in total. The van der Waals surface area contributed by atoms with Gasteiger partial charge in [0, 0.05) is 17.5 Å². The van der Waals surface area contributed by atoms with Crippen molar-refractivity contribution in [2.75, 3.05) is 0 Å². The highest BCUT2D eigenvalue weighted by Crippen LogP contribution is 2.25. The van der Waals surface area contributed by atoms with Crippen LogP contribution in [0.4, 0.5) is 0 Å². The molecule has 0 radical (unpaired) electrons. The number of carbonyl (C=O) groups excluding carboxylic acids is 2. The Labute approximate surface area is 211 Å². The molecule has 0 spiro atoms. The quantitative estimate of drug-likeness (QED) is 0.360. The summed E-state index contributed by atoms with van der Waals surface area (Å²) in [6, 6.07) is 17.7. The van der Waals surface area contributed by atoms with E-state index in [9.17, 15) is 14.4 Å². The largest absolute Gasteiger partial charge is 0.290 e. The summed E-state index contributed by atoms with van der Waals surface area (Å²) < 4.78 is 2.97. The zero-order chi connectivity index (χ0) is 26.1. The fraction of sp³-hybridized carbons (Fsp3) is 0.185. The van der Waals surface area contributed by atoms with Gasteiger partial charge in [-0.15, -0.1) is 0 Å². The number of rotatable bonds is 5. The first-order valence-corrected chi connectivity index (χ1v) is 11.9. The molecule has 5 aromatic rings. The molecule has 10 heteroatoms. The number of hydrogen-bond donors (Lipinski definition) is 2. The van der Waals surface area contributed by atoms with Crippen LogP contribution in [-0.4, -0.2) is 36.4 Å². The van der Waals surface area contributed by atoms with Gasteiger partial charge in [0.05, 0.1) is 34.3 Å². The van der Waals surface area contributed by atoms with Crippen LogP contribution >= 0.6 is 0 Å². The molecule has 0 atom stereocenters. The molecule has 0 saturated heterocycles. The Kier molecular flexibility index (Phi) is 6.22. The van der Waals surface area contributed by atoms with Crippen LogP contribution in [0.15, 0.2) is 71.7 Å². The fourth-order valence-electron chi connectivity index (χ4n) is 4.19. The number of fused-ring (bicyclic) bond motifs is 2. The average molecular weight is 496 g/mol. The van der Waals surface area contributed by atoms with Crippen LogP contribution in [0.2, 0.25) is 0 Å². The maximum atomic E-state index is 13.3. The first-order chi connectivity index (χ1) is 17.9. The van der Waals surface area contributed by atoms with E-state index in [-0.39, 0.29) is 17.3 Å². The molecule has 0 aliphatic carbocycles. The van der Waals surface area contributed by atoms with E-state index in [1.54, 1.807) is 41.2 Å². The molecule has 0 bridgehead atoms. The monoisotopic (exact) mass is 495 g/mol. The van der Waals surface area contributed by atoms with Gasteiger partial charge in [-0.2, -0.15) is 10.2 Å². The van der Waals surface area contributed by atoms with E-state index in [0.29, 0.717) is 39.6 Å². The lowest BCUT2D eigenvalue weighted by Crippen LogP contribution is -2.43. The van der Waals surface area contributed by atoms with E-state index in [4.69, 9.17) is 4.98 Å². The van der Waals surface area contributed by atoms with Gasteiger partial charge in [0.25, 0.3) is 17.4 Å². The smallest absolute Gasteiger partial charge is 0.267 e. The van der Waals surface area contributed by atoms with Crippen LogP contribution in [-0.2, 0) is 6.54 Å². The number of hydrogen-bond acceptors (Lipinski definition) is 6. The zero-order valence-corrected chi connectivity index (χ0v) is 20.6. The molecule has 37 heavy (non-hydrogen) atoms. The minimum Gasteiger partial charge on any atom is -0.267 e. The zero-order valence-electron chi connectivity index (χ0n) is 20.6. The molecule has 3 heterocycles. The molecule has 0 aliphatic rings. The molecule has 186 valence electrons. The van der Waals surface area contributed by atoms with Crippen molar-refractivity contribution in [3.63, 3.8) is 0 Å². The first-order valence-electron chi connectivity index (χ1n) is 11.9. The van der Waals surface area contributed by atoms with Gasteiger partial charge in [0.1, 0.15) is 0 Å². The number of nitrogens with zero attached hydrogens (tertiary/aromatic N) is 5. The fourth-order valence-corrected chi connectivity index (χ4v) is 4.19. The van der Waals surface area contributed by atoms with E-state index in [0.717, 1.165) is 5.56 Å². The van der Waals surface area contributed by atoms with Gasteiger partial charge < -0.3 is 0 Å². The summed E-state index contributed by atoms with van der Waals surface area (Å²) in [7, 11) is 0. The molecule has 0 saturated carbocycles. The third-order valence-corrected chi connectivity index (χ3v) is 6.05. The maximum Gasteiger partial charge on any atom is 0.290 e. The van der Waals surface area contributed by atoms with E-state index >= 15 is 0 Å². The molecule has 2 aromatic carbocycles. The Morgan fingerprint density at radius 1 is 0.919 bits per heavy atom. The highest BCUT2D eigenvalue weighted by atomic mass is 16.2. The predicted molar refractivity (Wildman–Crippen MR) is 140 cm³/mol. The highest BCUT2D eigenvalue weighted by Gasteiger charge is 2.21. The van der Waals surface area contributed by atoms with Crippen LogP contribution in [0.3, 0.4) is 0 Å². The number of amides is 2.